The summed E-state index contributed by atoms with van der Waals surface area (Å²) < 4.78 is 0. The number of benzene rings is 8. The second-order valence-electron chi connectivity index (χ2n) is 15.3. The zero-order chi connectivity index (χ0) is 43.0. The second kappa shape index (κ2) is 25.8. The van der Waals surface area contributed by atoms with Gasteiger partial charge in [-0.15, -0.1) is 0 Å². The molecule has 0 saturated heterocycles. The molecule has 0 aromatic heterocycles. The van der Waals surface area contributed by atoms with E-state index in [4.69, 9.17) is 23.2 Å². The highest BCUT2D eigenvalue weighted by molar-refractivity contribution is 7.96. The predicted octanol–water partition coefficient (Wildman–Crippen LogP) is 6.45. The summed E-state index contributed by atoms with van der Waals surface area (Å²) in [5.74, 6) is 0.170. The Morgan fingerprint density at radius 3 is 1.00 bits per heavy atom. The lowest BCUT2D eigenvalue weighted by Gasteiger charge is -2.28. The van der Waals surface area contributed by atoms with Crippen molar-refractivity contribution in [1.82, 2.24) is 0 Å². The minimum Gasteiger partial charge on any atom is -1.00 e. The average Bonchev–Trinajstić information content (AvgIpc) is 3.34. The SMILES string of the molecule is O=C(CCC[P+](c1ccccc1)(c1ccccc1)c1ccccc1)c1ccc(Cl)cc1.OC(CCC[P+](c1ccccc1)(c1ccccc1)c1ccccc1)c1ccc(Cl)cc1.[I-].[I-]. The van der Waals surface area contributed by atoms with Gasteiger partial charge in [-0.25, -0.2) is 0 Å². The quantitative estimate of drug-likeness (QED) is 0.0687. The highest BCUT2D eigenvalue weighted by Crippen LogP contribution is 2.57. The third-order valence-electron chi connectivity index (χ3n) is 11.5. The van der Waals surface area contributed by atoms with Crippen LogP contribution in [0.2, 0.25) is 10.0 Å². The number of aliphatic hydroxyl groups is 1. The van der Waals surface area contributed by atoms with Crippen LogP contribution in [0.3, 0.4) is 0 Å². The number of hydrogen-bond acceptors (Lipinski definition) is 2. The van der Waals surface area contributed by atoms with Gasteiger partial charge in [0, 0.05) is 22.0 Å². The molecule has 0 aliphatic rings. The zero-order valence-corrected chi connectivity index (χ0v) is 43.1. The molecule has 0 bridgehead atoms. The van der Waals surface area contributed by atoms with Crippen molar-refractivity contribution in [2.24, 2.45) is 0 Å². The predicted molar refractivity (Wildman–Crippen MR) is 271 cm³/mol. The van der Waals surface area contributed by atoms with Gasteiger partial charge in [0.2, 0.25) is 0 Å². The van der Waals surface area contributed by atoms with Crippen molar-refractivity contribution < 1.29 is 57.9 Å². The summed E-state index contributed by atoms with van der Waals surface area (Å²) in [7, 11) is -3.72. The molecule has 2 nitrogen and oxygen atoms in total. The Morgan fingerprint density at radius 1 is 0.406 bits per heavy atom. The first kappa shape index (κ1) is 51.3. The van der Waals surface area contributed by atoms with E-state index in [1.807, 2.05) is 36.4 Å². The third kappa shape index (κ3) is 12.8. The van der Waals surface area contributed by atoms with Gasteiger partial charge in [-0.1, -0.05) is 145 Å². The maximum Gasteiger partial charge on any atom is 0.163 e. The van der Waals surface area contributed by atoms with Crippen LogP contribution in [0.4, 0.5) is 0 Å². The number of halogens is 4. The van der Waals surface area contributed by atoms with Crippen molar-refractivity contribution in [2.75, 3.05) is 12.3 Å². The molecule has 0 amide bonds. The Kier molecular flexibility index (Phi) is 20.7. The molecule has 0 aliphatic heterocycles. The van der Waals surface area contributed by atoms with Gasteiger partial charge >= 0.3 is 0 Å². The molecular weight excluding hydrogens is 1090 g/mol. The second-order valence-corrected chi connectivity index (χ2v) is 23.4. The molecule has 8 aromatic carbocycles. The normalized spacial score (nSPS) is 11.5. The standard InChI is InChI=1S/C28H27ClOP.C28H25ClOP.2HI/c2*29-24-20-18-23(19-21-24)28(30)17-10-22-31(25-11-4-1-5-12-25,26-13-6-2-7-14-26)27-15-8-3-9-16-27;;/h1-9,11-16,18-21,28,30H,10,17,22H2;1-9,11-16,18-21H,10,17,22H2;2*1H/q2*+1;;/p-2. The van der Waals surface area contributed by atoms with E-state index < -0.39 is 20.6 Å². The number of carbonyl (C=O) groups is 1. The molecule has 1 unspecified atom stereocenters. The number of aliphatic hydroxyl groups excluding tert-OH is 1. The van der Waals surface area contributed by atoms with Crippen LogP contribution in [0.1, 0.15) is 47.7 Å². The van der Waals surface area contributed by atoms with Crippen molar-refractivity contribution in [3.05, 3.63) is 252 Å². The fraction of sp³-hybridized carbons (Fsp3) is 0.125. The highest BCUT2D eigenvalue weighted by atomic mass is 127. The van der Waals surface area contributed by atoms with Crippen LogP contribution in [0.15, 0.2) is 231 Å². The molecule has 0 fully saturated rings. The summed E-state index contributed by atoms with van der Waals surface area (Å²) in [5.41, 5.74) is 1.65. The average molecular weight is 1140 g/mol. The van der Waals surface area contributed by atoms with Crippen LogP contribution in [-0.2, 0) is 0 Å². The number of hydrogen-bond donors (Lipinski definition) is 1. The van der Waals surface area contributed by atoms with E-state index >= 15 is 0 Å². The van der Waals surface area contributed by atoms with Crippen LogP contribution < -0.4 is 79.8 Å². The van der Waals surface area contributed by atoms with E-state index in [0.717, 1.165) is 42.7 Å². The number of carbonyl (C=O) groups excluding carboxylic acids is 1. The first-order valence-electron chi connectivity index (χ1n) is 21.2. The molecule has 0 radical (unpaired) electrons. The largest absolute Gasteiger partial charge is 1.00 e. The molecule has 0 saturated carbocycles. The fourth-order valence-electron chi connectivity index (χ4n) is 8.39. The minimum absolute atomic E-state index is 0. The van der Waals surface area contributed by atoms with Crippen LogP contribution in [0.25, 0.3) is 0 Å². The fourth-order valence-corrected chi connectivity index (χ4v) is 17.4. The molecule has 1 N–H and O–H groups in total. The first-order chi connectivity index (χ1) is 30.4. The maximum atomic E-state index is 12.8. The van der Waals surface area contributed by atoms with Crippen LogP contribution in [0.5, 0.6) is 0 Å². The Balaban J connectivity index is 0.000000234. The summed E-state index contributed by atoms with van der Waals surface area (Å²) in [6.45, 7) is 0. The molecule has 64 heavy (non-hydrogen) atoms. The van der Waals surface area contributed by atoms with Gasteiger partial charge in [-0.05, 0) is 134 Å². The summed E-state index contributed by atoms with van der Waals surface area (Å²) in [6, 6.07) is 79.8. The van der Waals surface area contributed by atoms with E-state index in [-0.39, 0.29) is 53.7 Å². The number of Topliss-reactive ketones (excluding diaryl/α,β-unsaturated/α-hetero) is 1. The van der Waals surface area contributed by atoms with Gasteiger partial charge in [0.15, 0.2) is 5.78 Å². The van der Waals surface area contributed by atoms with Gasteiger partial charge < -0.3 is 53.1 Å². The van der Waals surface area contributed by atoms with Crippen molar-refractivity contribution >= 4 is 75.3 Å². The molecule has 0 spiro atoms. The van der Waals surface area contributed by atoms with Crippen LogP contribution in [0, 0.1) is 0 Å². The zero-order valence-electron chi connectivity index (χ0n) is 35.5. The van der Waals surface area contributed by atoms with Crippen molar-refractivity contribution in [3.8, 4) is 0 Å². The molecule has 8 rings (SSSR count). The van der Waals surface area contributed by atoms with Gasteiger partial charge in [0.05, 0.1) is 18.4 Å². The third-order valence-corrected chi connectivity index (χ3v) is 21.0. The van der Waals surface area contributed by atoms with Crippen molar-refractivity contribution in [3.63, 3.8) is 0 Å². The van der Waals surface area contributed by atoms with Gasteiger partial charge in [-0.2, -0.15) is 0 Å². The molecule has 1 atom stereocenters. The van der Waals surface area contributed by atoms with Gasteiger partial charge in [0.25, 0.3) is 0 Å². The smallest absolute Gasteiger partial charge is 0.163 e. The highest BCUT2D eigenvalue weighted by Gasteiger charge is 2.46. The molecule has 0 heterocycles. The van der Waals surface area contributed by atoms with E-state index in [1.54, 1.807) is 12.1 Å². The molecule has 8 heteroatoms. The lowest BCUT2D eigenvalue weighted by molar-refractivity contribution is -0.001000. The minimum atomic E-state index is -1.88. The Hall–Kier alpha value is -3.71. The molecule has 326 valence electrons. The maximum absolute atomic E-state index is 12.8. The van der Waals surface area contributed by atoms with Gasteiger partial charge in [0.1, 0.15) is 46.4 Å². The Morgan fingerprint density at radius 2 is 0.688 bits per heavy atom. The summed E-state index contributed by atoms with van der Waals surface area (Å²) in [6.07, 6.45) is 4.47. The first-order valence-corrected chi connectivity index (χ1v) is 25.9. The van der Waals surface area contributed by atoms with E-state index in [1.165, 1.54) is 31.8 Å². The number of ketones is 1. The van der Waals surface area contributed by atoms with E-state index in [0.29, 0.717) is 16.5 Å². The molecular formula is C56H52Cl2I2O2P2. The van der Waals surface area contributed by atoms with E-state index in [2.05, 4.69) is 182 Å². The van der Waals surface area contributed by atoms with Crippen molar-refractivity contribution in [2.45, 2.75) is 31.8 Å². The van der Waals surface area contributed by atoms with Crippen LogP contribution >= 0.6 is 37.7 Å². The monoisotopic (exact) mass is 1140 g/mol. The lowest BCUT2D eigenvalue weighted by atomic mass is 10.1. The Bertz CT molecular complexity index is 2360. The summed E-state index contributed by atoms with van der Waals surface area (Å²) in [5, 5.41) is 20.3. The lowest BCUT2D eigenvalue weighted by Crippen LogP contribution is -3.00. The topological polar surface area (TPSA) is 37.3 Å². The van der Waals surface area contributed by atoms with Crippen LogP contribution in [-0.4, -0.2) is 23.2 Å². The van der Waals surface area contributed by atoms with Crippen molar-refractivity contribution in [1.29, 1.82) is 0 Å². The van der Waals surface area contributed by atoms with E-state index in [9.17, 15) is 9.90 Å². The number of rotatable bonds is 16. The molecule has 8 aromatic rings. The van der Waals surface area contributed by atoms with Gasteiger partial charge in [-0.3, -0.25) is 4.79 Å². The Labute approximate surface area is 425 Å². The summed E-state index contributed by atoms with van der Waals surface area (Å²) >= 11 is 12.0. The summed E-state index contributed by atoms with van der Waals surface area (Å²) in [4.78, 5) is 12.8. The molecule has 0 aliphatic carbocycles.